The molecule has 170 valence electrons. The Morgan fingerprint density at radius 2 is 1.10 bits per heavy atom. The van der Waals surface area contributed by atoms with Crippen LogP contribution in [0.5, 0.6) is 0 Å². The van der Waals surface area contributed by atoms with E-state index in [0.717, 1.165) is 25.7 Å². The van der Waals surface area contributed by atoms with Gasteiger partial charge in [0.25, 0.3) is 0 Å². The van der Waals surface area contributed by atoms with Crippen LogP contribution in [0, 0.1) is 11.8 Å². The summed E-state index contributed by atoms with van der Waals surface area (Å²) in [6.45, 7) is 2.71. The van der Waals surface area contributed by atoms with Crippen molar-refractivity contribution in [2.75, 3.05) is 6.61 Å². The Morgan fingerprint density at radius 3 is 1.55 bits per heavy atom. The van der Waals surface area contributed by atoms with Crippen LogP contribution in [0.3, 0.4) is 0 Å². The molecule has 2 atom stereocenters. The van der Waals surface area contributed by atoms with E-state index in [-0.39, 0.29) is 5.97 Å². The van der Waals surface area contributed by atoms with E-state index >= 15 is 0 Å². The van der Waals surface area contributed by atoms with Crippen molar-refractivity contribution < 1.29 is 19.4 Å². The van der Waals surface area contributed by atoms with Crippen molar-refractivity contribution in [1.82, 2.24) is 0 Å². The molecule has 0 radical (unpaired) electrons. The zero-order valence-corrected chi connectivity index (χ0v) is 19.0. The smallest absolute Gasteiger partial charge is 0.309 e. The van der Waals surface area contributed by atoms with Crippen molar-refractivity contribution in [3.8, 4) is 0 Å². The average Bonchev–Trinajstić information content (AvgIpc) is 2.73. The number of carbonyl (C=O) groups excluding carboxylic acids is 1. The maximum absolute atomic E-state index is 12.2. The molecule has 1 N–H and O–H groups in total. The molecule has 1 aliphatic rings. The van der Waals surface area contributed by atoms with Gasteiger partial charge in [-0.1, -0.05) is 110 Å². The summed E-state index contributed by atoms with van der Waals surface area (Å²) in [4.78, 5) is 23.5. The first-order valence-electron chi connectivity index (χ1n) is 12.6. The maximum Gasteiger partial charge on any atom is 0.309 e. The normalized spacial score (nSPS) is 19.2. The summed E-state index contributed by atoms with van der Waals surface area (Å²) >= 11 is 0. The molecule has 0 bridgehead atoms. The molecule has 2 unspecified atom stereocenters. The summed E-state index contributed by atoms with van der Waals surface area (Å²) in [5.74, 6) is -2.11. The first-order valence-corrected chi connectivity index (χ1v) is 12.6. The second-order valence-corrected chi connectivity index (χ2v) is 8.95. The Hall–Kier alpha value is -1.06. The summed E-state index contributed by atoms with van der Waals surface area (Å²) in [7, 11) is 0. The lowest BCUT2D eigenvalue weighted by Crippen LogP contribution is -2.33. The Balaban J connectivity index is 1.86. The summed E-state index contributed by atoms with van der Waals surface area (Å²) in [6, 6.07) is 0. The number of hydrogen-bond donors (Lipinski definition) is 1. The van der Waals surface area contributed by atoms with Crippen molar-refractivity contribution in [2.45, 2.75) is 129 Å². The molecule has 29 heavy (non-hydrogen) atoms. The lowest BCUT2D eigenvalue weighted by molar-refractivity contribution is -0.159. The van der Waals surface area contributed by atoms with Gasteiger partial charge in [0.05, 0.1) is 18.4 Å². The lowest BCUT2D eigenvalue weighted by atomic mass is 9.79. The van der Waals surface area contributed by atoms with Gasteiger partial charge in [-0.15, -0.1) is 0 Å². The van der Waals surface area contributed by atoms with Crippen molar-refractivity contribution in [3.05, 3.63) is 0 Å². The molecule has 4 heteroatoms. The molecule has 1 aliphatic carbocycles. The van der Waals surface area contributed by atoms with Crippen LogP contribution in [-0.2, 0) is 14.3 Å². The highest BCUT2D eigenvalue weighted by atomic mass is 16.5. The third-order valence-corrected chi connectivity index (χ3v) is 6.38. The molecule has 1 fully saturated rings. The van der Waals surface area contributed by atoms with Gasteiger partial charge < -0.3 is 9.84 Å². The van der Waals surface area contributed by atoms with Gasteiger partial charge in [0, 0.05) is 0 Å². The molecule has 0 heterocycles. The zero-order chi connectivity index (χ0) is 21.2. The summed E-state index contributed by atoms with van der Waals surface area (Å²) < 4.78 is 5.37. The fourth-order valence-corrected chi connectivity index (χ4v) is 4.46. The number of unbranched alkanes of at least 4 members (excludes halogenated alkanes) is 14. The molecular weight excluding hydrogens is 364 g/mol. The third-order valence-electron chi connectivity index (χ3n) is 6.38. The maximum atomic E-state index is 12.2. The van der Waals surface area contributed by atoms with Gasteiger partial charge in [0.15, 0.2) is 0 Å². The van der Waals surface area contributed by atoms with Crippen LogP contribution in [-0.4, -0.2) is 23.7 Å². The SMILES string of the molecule is CCCCCCCCCCCCCCCCCOC(=O)C1CCCCC1C(=O)O. The van der Waals surface area contributed by atoms with Crippen LogP contribution in [0.25, 0.3) is 0 Å². The Morgan fingerprint density at radius 1 is 0.690 bits per heavy atom. The quantitative estimate of drug-likeness (QED) is 0.190. The first-order chi connectivity index (χ1) is 14.2. The van der Waals surface area contributed by atoms with E-state index in [9.17, 15) is 14.7 Å². The molecule has 1 saturated carbocycles. The minimum atomic E-state index is -0.848. The van der Waals surface area contributed by atoms with E-state index in [1.165, 1.54) is 83.5 Å². The zero-order valence-electron chi connectivity index (χ0n) is 19.0. The Kier molecular flexibility index (Phi) is 15.9. The van der Waals surface area contributed by atoms with Crippen LogP contribution in [0.15, 0.2) is 0 Å². The topological polar surface area (TPSA) is 63.6 Å². The molecule has 0 amide bonds. The Bertz CT molecular complexity index is 421. The fourth-order valence-electron chi connectivity index (χ4n) is 4.46. The number of ether oxygens (including phenoxy) is 1. The summed E-state index contributed by atoms with van der Waals surface area (Å²) in [6.07, 6.45) is 22.8. The predicted molar refractivity (Wildman–Crippen MR) is 119 cm³/mol. The highest BCUT2D eigenvalue weighted by Crippen LogP contribution is 2.31. The highest BCUT2D eigenvalue weighted by molar-refractivity contribution is 5.81. The van der Waals surface area contributed by atoms with Gasteiger partial charge in [-0.2, -0.15) is 0 Å². The van der Waals surface area contributed by atoms with Crippen molar-refractivity contribution in [1.29, 1.82) is 0 Å². The molecule has 1 rings (SSSR count). The molecule has 0 spiro atoms. The molecule has 0 aliphatic heterocycles. The van der Waals surface area contributed by atoms with Gasteiger partial charge in [-0.25, -0.2) is 0 Å². The van der Waals surface area contributed by atoms with Gasteiger partial charge in [-0.3, -0.25) is 9.59 Å². The van der Waals surface area contributed by atoms with Gasteiger partial charge >= 0.3 is 11.9 Å². The molecule has 4 nitrogen and oxygen atoms in total. The lowest BCUT2D eigenvalue weighted by Gasteiger charge is -2.26. The average molecular weight is 411 g/mol. The molecule has 0 aromatic rings. The molecule has 0 aromatic heterocycles. The van der Waals surface area contributed by atoms with E-state index in [1.807, 2.05) is 0 Å². The van der Waals surface area contributed by atoms with Crippen LogP contribution in [0.4, 0.5) is 0 Å². The van der Waals surface area contributed by atoms with Crippen molar-refractivity contribution in [2.24, 2.45) is 11.8 Å². The monoisotopic (exact) mass is 410 g/mol. The van der Waals surface area contributed by atoms with Crippen LogP contribution < -0.4 is 0 Å². The third kappa shape index (κ3) is 13.0. The number of carboxylic acids is 1. The fraction of sp³-hybridized carbons (Fsp3) is 0.920. The van der Waals surface area contributed by atoms with E-state index in [4.69, 9.17) is 4.74 Å². The number of hydrogen-bond acceptors (Lipinski definition) is 3. The predicted octanol–water partition coefficient (Wildman–Crippen LogP) is 7.29. The number of carboxylic acid groups (broad SMARTS) is 1. The van der Waals surface area contributed by atoms with E-state index in [2.05, 4.69) is 6.92 Å². The highest BCUT2D eigenvalue weighted by Gasteiger charge is 2.36. The van der Waals surface area contributed by atoms with Crippen LogP contribution in [0.1, 0.15) is 129 Å². The van der Waals surface area contributed by atoms with Crippen LogP contribution >= 0.6 is 0 Å². The van der Waals surface area contributed by atoms with E-state index in [1.54, 1.807) is 0 Å². The van der Waals surface area contributed by atoms with Crippen LogP contribution in [0.2, 0.25) is 0 Å². The van der Waals surface area contributed by atoms with Crippen molar-refractivity contribution >= 4 is 11.9 Å². The first kappa shape index (κ1) is 26.0. The van der Waals surface area contributed by atoms with Gasteiger partial charge in [0.2, 0.25) is 0 Å². The summed E-state index contributed by atoms with van der Waals surface area (Å²) in [5, 5.41) is 9.26. The second kappa shape index (κ2) is 17.8. The number of rotatable bonds is 18. The molecular formula is C25H46O4. The minimum absolute atomic E-state index is 0.289. The number of esters is 1. The van der Waals surface area contributed by atoms with E-state index in [0.29, 0.717) is 19.4 Å². The summed E-state index contributed by atoms with van der Waals surface area (Å²) in [5.41, 5.74) is 0. The molecule has 0 aromatic carbocycles. The van der Waals surface area contributed by atoms with Gasteiger partial charge in [0.1, 0.15) is 0 Å². The standard InChI is InChI=1S/C25H46O4/c1-2-3-4-5-6-7-8-9-10-11-12-13-14-15-18-21-29-25(28)23-20-17-16-19-22(23)24(26)27/h22-23H,2-21H2,1H3,(H,26,27). The molecule has 0 saturated heterocycles. The number of carbonyl (C=O) groups is 2. The Labute approximate surface area is 179 Å². The largest absolute Gasteiger partial charge is 0.481 e. The van der Waals surface area contributed by atoms with Crippen molar-refractivity contribution in [3.63, 3.8) is 0 Å². The minimum Gasteiger partial charge on any atom is -0.481 e. The number of aliphatic carboxylic acids is 1. The van der Waals surface area contributed by atoms with Gasteiger partial charge in [-0.05, 0) is 19.3 Å². The van der Waals surface area contributed by atoms with E-state index < -0.39 is 17.8 Å². The second-order valence-electron chi connectivity index (χ2n) is 8.95.